The smallest absolute Gasteiger partial charge is 0.239 e. The molecule has 1 aromatic carbocycles. The van der Waals surface area contributed by atoms with Crippen LogP contribution in [0.5, 0.6) is 0 Å². The van der Waals surface area contributed by atoms with Crippen molar-refractivity contribution in [3.63, 3.8) is 0 Å². The molecule has 0 bridgehead atoms. The van der Waals surface area contributed by atoms with Gasteiger partial charge in [-0.3, -0.25) is 9.69 Å². The number of hydrogen-bond acceptors (Lipinski definition) is 3. The minimum atomic E-state index is -0.186. The Labute approximate surface area is 128 Å². The van der Waals surface area contributed by atoms with Gasteiger partial charge < -0.3 is 10.1 Å². The van der Waals surface area contributed by atoms with Crippen LogP contribution < -0.4 is 5.32 Å². The van der Waals surface area contributed by atoms with E-state index in [0.29, 0.717) is 13.2 Å². The summed E-state index contributed by atoms with van der Waals surface area (Å²) in [6, 6.07) is 8.02. The zero-order valence-corrected chi connectivity index (χ0v) is 13.4. The summed E-state index contributed by atoms with van der Waals surface area (Å²) >= 11 is 3.48. The van der Waals surface area contributed by atoms with E-state index in [1.165, 1.54) is 5.56 Å². The van der Waals surface area contributed by atoms with Crippen LogP contribution in [0.3, 0.4) is 0 Å². The van der Waals surface area contributed by atoms with E-state index in [-0.39, 0.29) is 11.9 Å². The van der Waals surface area contributed by atoms with Crippen molar-refractivity contribution < 1.29 is 9.53 Å². The first-order chi connectivity index (χ1) is 9.70. The van der Waals surface area contributed by atoms with Gasteiger partial charge in [0.05, 0.1) is 13.2 Å². The van der Waals surface area contributed by atoms with Gasteiger partial charge in [0.15, 0.2) is 0 Å². The number of nitrogens with zero attached hydrogens (tertiary/aromatic N) is 1. The van der Waals surface area contributed by atoms with Gasteiger partial charge in [-0.15, -0.1) is 0 Å². The van der Waals surface area contributed by atoms with Crippen LogP contribution in [0.2, 0.25) is 0 Å². The molecule has 1 aromatic rings. The van der Waals surface area contributed by atoms with Gasteiger partial charge in [-0.05, 0) is 24.1 Å². The molecule has 0 spiro atoms. The zero-order valence-electron chi connectivity index (χ0n) is 11.8. The Morgan fingerprint density at radius 3 is 3.15 bits per heavy atom. The van der Waals surface area contributed by atoms with Crippen LogP contribution in [0.25, 0.3) is 0 Å². The monoisotopic (exact) mass is 340 g/mol. The molecule has 5 heteroatoms. The highest BCUT2D eigenvalue weighted by Gasteiger charge is 2.29. The molecule has 4 nitrogen and oxygen atoms in total. The van der Waals surface area contributed by atoms with E-state index in [4.69, 9.17) is 4.74 Å². The normalized spacial score (nSPS) is 19.8. The number of hydrogen-bond donors (Lipinski definition) is 1. The Kier molecular flexibility index (Phi) is 6.01. The molecule has 1 unspecified atom stereocenters. The third kappa shape index (κ3) is 4.30. The highest BCUT2D eigenvalue weighted by atomic mass is 79.9. The maximum atomic E-state index is 12.2. The van der Waals surface area contributed by atoms with Crippen molar-refractivity contribution in [3.8, 4) is 0 Å². The van der Waals surface area contributed by atoms with Gasteiger partial charge in [0, 0.05) is 24.1 Å². The van der Waals surface area contributed by atoms with Crippen molar-refractivity contribution in [2.75, 3.05) is 26.3 Å². The lowest BCUT2D eigenvalue weighted by Gasteiger charge is -2.34. The number of amides is 1. The van der Waals surface area contributed by atoms with Crippen LogP contribution in [0.15, 0.2) is 28.7 Å². The molecule has 1 heterocycles. The zero-order chi connectivity index (χ0) is 14.4. The van der Waals surface area contributed by atoms with Crippen LogP contribution in [-0.2, 0) is 16.1 Å². The standard InChI is InChI=1S/C15H21BrN2O2/c1-2-6-17-15(19)14-11-20-8-7-18(14)10-12-4-3-5-13(16)9-12/h3-5,9,14H,2,6-8,10-11H2,1H3,(H,17,19). The van der Waals surface area contributed by atoms with Crippen LogP contribution in [0.4, 0.5) is 0 Å². The van der Waals surface area contributed by atoms with Gasteiger partial charge in [0.2, 0.25) is 5.91 Å². The van der Waals surface area contributed by atoms with Crippen molar-refractivity contribution in [2.45, 2.75) is 25.9 Å². The molecule has 0 aromatic heterocycles. The summed E-state index contributed by atoms with van der Waals surface area (Å²) in [5, 5.41) is 2.96. The number of carbonyl (C=O) groups excluding carboxylic acids is 1. The summed E-state index contributed by atoms with van der Waals surface area (Å²) < 4.78 is 6.53. The highest BCUT2D eigenvalue weighted by Crippen LogP contribution is 2.16. The molecule has 1 aliphatic heterocycles. The molecule has 2 rings (SSSR count). The molecule has 0 aliphatic carbocycles. The predicted octanol–water partition coefficient (Wildman–Crippen LogP) is 2.18. The number of ether oxygens (including phenoxy) is 1. The SMILES string of the molecule is CCCNC(=O)C1COCCN1Cc1cccc(Br)c1. The second kappa shape index (κ2) is 7.76. The molecule has 0 radical (unpaired) electrons. The van der Waals surface area contributed by atoms with Crippen molar-refractivity contribution in [2.24, 2.45) is 0 Å². The van der Waals surface area contributed by atoms with Gasteiger partial charge in [-0.1, -0.05) is 35.0 Å². The lowest BCUT2D eigenvalue weighted by molar-refractivity contribution is -0.132. The molecule has 1 N–H and O–H groups in total. The summed E-state index contributed by atoms with van der Waals surface area (Å²) in [5.41, 5.74) is 1.20. The van der Waals surface area contributed by atoms with Crippen molar-refractivity contribution in [1.29, 1.82) is 0 Å². The Bertz CT molecular complexity index is 453. The Morgan fingerprint density at radius 2 is 2.40 bits per heavy atom. The topological polar surface area (TPSA) is 41.6 Å². The summed E-state index contributed by atoms with van der Waals surface area (Å²) in [5.74, 6) is 0.0709. The fourth-order valence-corrected chi connectivity index (χ4v) is 2.75. The number of morpholine rings is 1. The first-order valence-electron chi connectivity index (χ1n) is 7.04. The third-order valence-corrected chi connectivity index (χ3v) is 3.86. The summed E-state index contributed by atoms with van der Waals surface area (Å²) in [4.78, 5) is 14.4. The average Bonchev–Trinajstić information content (AvgIpc) is 2.45. The number of halogens is 1. The first-order valence-corrected chi connectivity index (χ1v) is 7.84. The van der Waals surface area contributed by atoms with E-state index < -0.39 is 0 Å². The van der Waals surface area contributed by atoms with Gasteiger partial charge in [-0.25, -0.2) is 0 Å². The van der Waals surface area contributed by atoms with Gasteiger partial charge in [0.1, 0.15) is 6.04 Å². The largest absolute Gasteiger partial charge is 0.378 e. The molecule has 1 saturated heterocycles. The maximum absolute atomic E-state index is 12.2. The van der Waals surface area contributed by atoms with Gasteiger partial charge in [-0.2, -0.15) is 0 Å². The second-order valence-electron chi connectivity index (χ2n) is 4.98. The lowest BCUT2D eigenvalue weighted by atomic mass is 10.1. The second-order valence-corrected chi connectivity index (χ2v) is 5.90. The first kappa shape index (κ1) is 15.5. The minimum Gasteiger partial charge on any atom is -0.378 e. The lowest BCUT2D eigenvalue weighted by Crippen LogP contribution is -2.53. The van der Waals surface area contributed by atoms with E-state index in [0.717, 1.165) is 30.5 Å². The summed E-state index contributed by atoms with van der Waals surface area (Å²) in [6.45, 7) is 5.50. The minimum absolute atomic E-state index is 0.0709. The molecule has 1 aliphatic rings. The molecular weight excluding hydrogens is 320 g/mol. The quantitative estimate of drug-likeness (QED) is 0.893. The Morgan fingerprint density at radius 1 is 1.55 bits per heavy atom. The van der Waals surface area contributed by atoms with Crippen LogP contribution in [0.1, 0.15) is 18.9 Å². The van der Waals surface area contributed by atoms with Crippen molar-refractivity contribution in [1.82, 2.24) is 10.2 Å². The highest BCUT2D eigenvalue weighted by molar-refractivity contribution is 9.10. The molecule has 110 valence electrons. The van der Waals surface area contributed by atoms with Crippen LogP contribution in [0, 0.1) is 0 Å². The molecule has 1 fully saturated rings. The average molecular weight is 341 g/mol. The molecule has 0 saturated carbocycles. The fourth-order valence-electron chi connectivity index (χ4n) is 2.30. The van der Waals surface area contributed by atoms with E-state index in [1.807, 2.05) is 12.1 Å². The maximum Gasteiger partial charge on any atom is 0.239 e. The Balaban J connectivity index is 2.01. The Hall–Kier alpha value is -0.910. The number of nitrogens with one attached hydrogen (secondary N) is 1. The molecular formula is C15H21BrN2O2. The molecule has 1 amide bonds. The van der Waals surface area contributed by atoms with Crippen molar-refractivity contribution >= 4 is 21.8 Å². The number of rotatable bonds is 5. The molecule has 20 heavy (non-hydrogen) atoms. The predicted molar refractivity (Wildman–Crippen MR) is 82.5 cm³/mol. The number of carbonyl (C=O) groups is 1. The fraction of sp³-hybridized carbons (Fsp3) is 0.533. The van der Waals surface area contributed by atoms with E-state index in [9.17, 15) is 4.79 Å². The summed E-state index contributed by atoms with van der Waals surface area (Å²) in [7, 11) is 0. The molecule has 1 atom stereocenters. The number of benzene rings is 1. The van der Waals surface area contributed by atoms with Crippen LogP contribution >= 0.6 is 15.9 Å². The third-order valence-electron chi connectivity index (χ3n) is 3.37. The van der Waals surface area contributed by atoms with Gasteiger partial charge >= 0.3 is 0 Å². The van der Waals surface area contributed by atoms with E-state index in [2.05, 4.69) is 45.2 Å². The van der Waals surface area contributed by atoms with Crippen LogP contribution in [-0.4, -0.2) is 43.2 Å². The summed E-state index contributed by atoms with van der Waals surface area (Å²) in [6.07, 6.45) is 0.949. The van der Waals surface area contributed by atoms with Crippen molar-refractivity contribution in [3.05, 3.63) is 34.3 Å². The van der Waals surface area contributed by atoms with E-state index >= 15 is 0 Å². The van der Waals surface area contributed by atoms with Gasteiger partial charge in [0.25, 0.3) is 0 Å². The van der Waals surface area contributed by atoms with E-state index in [1.54, 1.807) is 0 Å².